The third-order valence-corrected chi connectivity index (χ3v) is 6.02. The predicted octanol–water partition coefficient (Wildman–Crippen LogP) is 5.89. The van der Waals surface area contributed by atoms with Crippen molar-refractivity contribution >= 4 is 54.9 Å². The Hall–Kier alpha value is -3.10. The lowest BCUT2D eigenvalue weighted by atomic mass is 10.1. The summed E-state index contributed by atoms with van der Waals surface area (Å²) in [5.74, 6) is 0.334. The van der Waals surface area contributed by atoms with Gasteiger partial charge in [0.1, 0.15) is 5.82 Å². The Morgan fingerprint density at radius 2 is 1.85 bits per heavy atom. The first-order chi connectivity index (χ1) is 15.9. The largest absolute Gasteiger partial charge is 0.421 e. The van der Waals surface area contributed by atoms with Crippen LogP contribution >= 0.6 is 31.9 Å². The highest BCUT2D eigenvalue weighted by atomic mass is 79.9. The number of para-hydroxylation sites is 1. The van der Waals surface area contributed by atoms with Crippen LogP contribution in [0.2, 0.25) is 0 Å². The normalized spacial score (nSPS) is 11.3. The summed E-state index contributed by atoms with van der Waals surface area (Å²) in [5.41, 5.74) is 2.36. The van der Waals surface area contributed by atoms with Crippen LogP contribution in [0, 0.1) is 6.92 Å². The zero-order chi connectivity index (χ0) is 23.5. The zero-order valence-corrected chi connectivity index (χ0v) is 21.1. The highest BCUT2D eigenvalue weighted by Crippen LogP contribution is 2.32. The summed E-state index contributed by atoms with van der Waals surface area (Å²) in [6, 6.07) is 17.8. The molecule has 166 valence electrons. The maximum absolute atomic E-state index is 13.0. The van der Waals surface area contributed by atoms with E-state index in [1.807, 2.05) is 32.0 Å². The second kappa shape index (κ2) is 9.80. The van der Waals surface area contributed by atoms with Crippen LogP contribution < -0.4 is 10.3 Å². The summed E-state index contributed by atoms with van der Waals surface area (Å²) in [4.78, 5) is 30.3. The van der Waals surface area contributed by atoms with Crippen LogP contribution in [0.5, 0.6) is 5.75 Å². The number of benzene rings is 3. The van der Waals surface area contributed by atoms with Gasteiger partial charge < -0.3 is 4.74 Å². The van der Waals surface area contributed by atoms with E-state index in [-0.39, 0.29) is 5.56 Å². The van der Waals surface area contributed by atoms with E-state index in [1.54, 1.807) is 42.5 Å². The van der Waals surface area contributed by atoms with Gasteiger partial charge in [-0.25, -0.2) is 9.78 Å². The Morgan fingerprint density at radius 1 is 1.12 bits per heavy atom. The summed E-state index contributed by atoms with van der Waals surface area (Å²) in [7, 11) is 0. The predicted molar refractivity (Wildman–Crippen MR) is 136 cm³/mol. The molecule has 0 N–H and O–H groups in total. The molecule has 0 saturated carbocycles. The van der Waals surface area contributed by atoms with Crippen molar-refractivity contribution in [2.45, 2.75) is 20.3 Å². The van der Waals surface area contributed by atoms with Crippen LogP contribution in [-0.2, 0) is 6.42 Å². The van der Waals surface area contributed by atoms with Gasteiger partial charge in [-0.3, -0.25) is 4.79 Å². The van der Waals surface area contributed by atoms with E-state index >= 15 is 0 Å². The minimum absolute atomic E-state index is 0.263. The van der Waals surface area contributed by atoms with Crippen LogP contribution in [-0.4, -0.2) is 21.8 Å². The van der Waals surface area contributed by atoms with E-state index in [0.717, 1.165) is 10.0 Å². The zero-order valence-electron chi connectivity index (χ0n) is 17.9. The molecule has 1 aromatic heterocycles. The van der Waals surface area contributed by atoms with Gasteiger partial charge in [-0.1, -0.05) is 52.7 Å². The number of nitrogens with zero attached hydrogens (tertiary/aromatic N) is 3. The number of aromatic nitrogens is 2. The van der Waals surface area contributed by atoms with Crippen LogP contribution in [0.15, 0.2) is 79.5 Å². The van der Waals surface area contributed by atoms with E-state index in [0.29, 0.717) is 44.5 Å². The molecule has 0 spiro atoms. The molecule has 0 radical (unpaired) electrons. The number of carbonyl (C=O) groups is 1. The summed E-state index contributed by atoms with van der Waals surface area (Å²) >= 11 is 6.92. The quantitative estimate of drug-likeness (QED) is 0.171. The molecule has 0 fully saturated rings. The molecule has 3 aromatic carbocycles. The second-order valence-corrected chi connectivity index (χ2v) is 9.09. The Labute approximate surface area is 207 Å². The Kier molecular flexibility index (Phi) is 6.85. The number of hydrogen-bond acceptors (Lipinski definition) is 5. The highest BCUT2D eigenvalue weighted by Gasteiger charge is 2.16. The third-order valence-electron chi connectivity index (χ3n) is 4.97. The molecule has 6 nitrogen and oxygen atoms in total. The average Bonchev–Trinajstić information content (AvgIpc) is 2.80. The molecule has 0 aliphatic carbocycles. The summed E-state index contributed by atoms with van der Waals surface area (Å²) in [5, 5.41) is 4.90. The summed E-state index contributed by atoms with van der Waals surface area (Å²) < 4.78 is 8.31. The molecule has 0 unspecified atom stereocenters. The van der Waals surface area contributed by atoms with Gasteiger partial charge in [0.25, 0.3) is 5.56 Å². The minimum atomic E-state index is -0.494. The van der Waals surface area contributed by atoms with Crippen molar-refractivity contribution in [3.8, 4) is 5.75 Å². The maximum Gasteiger partial charge on any atom is 0.343 e. The standard InChI is InChI=1S/C25H19Br2N3O3/c1-3-22-29-21-7-5-4-6-19(21)24(31)30(22)28-14-17-12-18(26)13-20(27)23(17)33-25(32)16-10-8-15(2)9-11-16/h4-14H,3H2,1-2H3. The van der Waals surface area contributed by atoms with Gasteiger partial charge in [0, 0.05) is 16.5 Å². The number of halogens is 2. The maximum atomic E-state index is 13.0. The lowest BCUT2D eigenvalue weighted by Crippen LogP contribution is -2.22. The lowest BCUT2D eigenvalue weighted by Gasteiger charge is -2.11. The van der Waals surface area contributed by atoms with Crippen LogP contribution in [0.3, 0.4) is 0 Å². The molecular weight excluding hydrogens is 550 g/mol. The summed E-state index contributed by atoms with van der Waals surface area (Å²) in [6.45, 7) is 3.86. The van der Waals surface area contributed by atoms with Gasteiger partial charge >= 0.3 is 5.97 Å². The van der Waals surface area contributed by atoms with E-state index in [9.17, 15) is 9.59 Å². The van der Waals surface area contributed by atoms with Gasteiger partial charge in [0.05, 0.1) is 27.2 Å². The Balaban J connectivity index is 1.76. The second-order valence-electron chi connectivity index (χ2n) is 7.32. The molecule has 4 aromatic rings. The monoisotopic (exact) mass is 567 g/mol. The number of hydrogen-bond donors (Lipinski definition) is 0. The fourth-order valence-corrected chi connectivity index (χ4v) is 4.60. The van der Waals surface area contributed by atoms with E-state index < -0.39 is 5.97 Å². The third kappa shape index (κ3) is 4.96. The minimum Gasteiger partial charge on any atom is -0.421 e. The SMILES string of the molecule is CCc1nc2ccccc2c(=O)n1N=Cc1cc(Br)cc(Br)c1OC(=O)c1ccc(C)cc1. The van der Waals surface area contributed by atoms with Crippen molar-refractivity contribution in [2.75, 3.05) is 0 Å². The molecule has 8 heteroatoms. The molecule has 0 atom stereocenters. The Morgan fingerprint density at radius 3 is 2.58 bits per heavy atom. The number of fused-ring (bicyclic) bond motifs is 1. The summed E-state index contributed by atoms with van der Waals surface area (Å²) in [6.07, 6.45) is 2.01. The number of carbonyl (C=O) groups excluding carboxylic acids is 1. The fraction of sp³-hybridized carbons (Fsp3) is 0.120. The molecule has 0 bridgehead atoms. The first-order valence-electron chi connectivity index (χ1n) is 10.2. The van der Waals surface area contributed by atoms with Crippen LogP contribution in [0.25, 0.3) is 10.9 Å². The molecule has 1 heterocycles. The van der Waals surface area contributed by atoms with Gasteiger partial charge in [0.2, 0.25) is 0 Å². The van der Waals surface area contributed by atoms with Gasteiger partial charge in [-0.15, -0.1) is 0 Å². The van der Waals surface area contributed by atoms with Crippen LogP contribution in [0.4, 0.5) is 0 Å². The van der Waals surface area contributed by atoms with Crippen molar-refractivity contribution < 1.29 is 9.53 Å². The van der Waals surface area contributed by atoms with Crippen molar-refractivity contribution in [2.24, 2.45) is 5.10 Å². The van der Waals surface area contributed by atoms with E-state index in [1.165, 1.54) is 10.9 Å². The molecule has 0 aliphatic heterocycles. The van der Waals surface area contributed by atoms with Crippen molar-refractivity contribution in [1.82, 2.24) is 9.66 Å². The van der Waals surface area contributed by atoms with Crippen molar-refractivity contribution in [3.63, 3.8) is 0 Å². The van der Waals surface area contributed by atoms with Gasteiger partial charge in [0.15, 0.2) is 5.75 Å². The first-order valence-corrected chi connectivity index (χ1v) is 11.8. The molecule has 4 rings (SSSR count). The van der Waals surface area contributed by atoms with Crippen molar-refractivity contribution in [3.05, 3.63) is 102 Å². The number of aryl methyl sites for hydroxylation is 2. The molecule has 33 heavy (non-hydrogen) atoms. The van der Waals surface area contributed by atoms with Crippen molar-refractivity contribution in [1.29, 1.82) is 0 Å². The fourth-order valence-electron chi connectivity index (χ4n) is 3.26. The van der Waals surface area contributed by atoms with E-state index in [4.69, 9.17) is 4.74 Å². The van der Waals surface area contributed by atoms with Gasteiger partial charge in [-0.2, -0.15) is 9.78 Å². The average molecular weight is 569 g/mol. The molecule has 0 aliphatic rings. The topological polar surface area (TPSA) is 73.6 Å². The van der Waals surface area contributed by atoms with E-state index in [2.05, 4.69) is 41.9 Å². The van der Waals surface area contributed by atoms with Gasteiger partial charge in [-0.05, 0) is 59.3 Å². The number of ether oxygens (including phenoxy) is 1. The lowest BCUT2D eigenvalue weighted by molar-refractivity contribution is 0.0733. The number of esters is 1. The molecular formula is C25H19Br2N3O3. The highest BCUT2D eigenvalue weighted by molar-refractivity contribution is 9.11. The number of rotatable bonds is 5. The first kappa shape index (κ1) is 23.1. The molecule has 0 amide bonds. The molecule has 0 saturated heterocycles. The van der Waals surface area contributed by atoms with Crippen LogP contribution in [0.1, 0.15) is 34.2 Å². The Bertz CT molecular complexity index is 1440. The smallest absolute Gasteiger partial charge is 0.343 e.